The van der Waals surface area contributed by atoms with Crippen LogP contribution < -0.4 is 15.0 Å². The molecule has 110 valence electrons. The van der Waals surface area contributed by atoms with Crippen LogP contribution in [0, 0.1) is 0 Å². The highest BCUT2D eigenvalue weighted by Gasteiger charge is 2.24. The predicted octanol–water partition coefficient (Wildman–Crippen LogP) is 0.708. The first kappa shape index (κ1) is 13.6. The molecule has 0 saturated carbocycles. The fraction of sp³-hybridized carbons (Fsp3) is 0.357. The molecule has 0 radical (unpaired) electrons. The second-order valence-corrected chi connectivity index (χ2v) is 4.93. The lowest BCUT2D eigenvalue weighted by Crippen LogP contribution is -2.43. The van der Waals surface area contributed by atoms with Crippen LogP contribution in [-0.2, 0) is 0 Å². The summed E-state index contributed by atoms with van der Waals surface area (Å²) in [5.41, 5.74) is 1.03. The highest BCUT2D eigenvalue weighted by Crippen LogP contribution is 2.27. The quantitative estimate of drug-likeness (QED) is 0.896. The van der Waals surface area contributed by atoms with E-state index in [1.54, 1.807) is 25.0 Å². The van der Waals surface area contributed by atoms with Gasteiger partial charge in [-0.3, -0.25) is 4.79 Å². The molecule has 21 heavy (non-hydrogen) atoms. The molecule has 1 aromatic carbocycles. The number of methoxy groups -OCH3 is 1. The minimum absolute atomic E-state index is 0.210. The summed E-state index contributed by atoms with van der Waals surface area (Å²) in [5, 5.41) is 11.2. The van der Waals surface area contributed by atoms with Crippen molar-refractivity contribution in [2.45, 2.75) is 6.04 Å². The molecule has 1 saturated heterocycles. The minimum atomic E-state index is -0.210. The van der Waals surface area contributed by atoms with Crippen molar-refractivity contribution in [1.82, 2.24) is 20.3 Å². The van der Waals surface area contributed by atoms with Gasteiger partial charge in [-0.15, -0.1) is 5.10 Å². The second-order valence-electron chi connectivity index (χ2n) is 4.93. The number of amides is 1. The topological polar surface area (TPSA) is 72.3 Å². The maximum atomic E-state index is 12.5. The van der Waals surface area contributed by atoms with E-state index in [0.29, 0.717) is 17.1 Å². The van der Waals surface area contributed by atoms with Gasteiger partial charge in [0, 0.05) is 20.1 Å². The third-order valence-electron chi connectivity index (χ3n) is 3.61. The fourth-order valence-corrected chi connectivity index (χ4v) is 2.20. The molecule has 1 N–H and O–H groups in total. The smallest absolute Gasteiger partial charge is 0.280 e. The molecule has 1 aliphatic rings. The van der Waals surface area contributed by atoms with E-state index in [9.17, 15) is 4.79 Å². The molecular weight excluding hydrogens is 270 g/mol. The Morgan fingerprint density at radius 2 is 2.19 bits per heavy atom. The summed E-state index contributed by atoms with van der Waals surface area (Å²) in [5.74, 6) is 0.432. The molecule has 0 atom stereocenters. The molecule has 1 aliphatic heterocycles. The number of nitrogens with zero attached hydrogens (tertiary/aromatic N) is 4. The van der Waals surface area contributed by atoms with E-state index in [4.69, 9.17) is 4.74 Å². The van der Waals surface area contributed by atoms with Crippen LogP contribution in [-0.4, -0.2) is 48.1 Å². The molecule has 0 spiro atoms. The highest BCUT2D eigenvalue weighted by atomic mass is 16.5. The van der Waals surface area contributed by atoms with Gasteiger partial charge in [0.2, 0.25) is 0 Å². The maximum absolute atomic E-state index is 12.5. The first-order valence-electron chi connectivity index (χ1n) is 6.74. The Morgan fingerprint density at radius 1 is 1.43 bits per heavy atom. The number of para-hydroxylation sites is 2. The molecular formula is C14H17N5O2. The van der Waals surface area contributed by atoms with Gasteiger partial charge in [0.15, 0.2) is 5.69 Å². The normalized spacial score (nSPS) is 14.6. The molecule has 0 aliphatic carbocycles. The molecule has 0 unspecified atom stereocenters. The Morgan fingerprint density at radius 3 is 2.86 bits per heavy atom. The Labute approximate surface area is 122 Å². The standard InChI is InChI=1S/C14H17N5O2/c1-18(12-5-3-4-6-13(12)21-2)14(20)11-9-19(17-16-11)10-7-15-8-10/h3-6,9-10,15H,7-8H2,1-2H3. The van der Waals surface area contributed by atoms with Crippen LogP contribution in [0.1, 0.15) is 16.5 Å². The lowest BCUT2D eigenvalue weighted by Gasteiger charge is -2.26. The van der Waals surface area contributed by atoms with Crippen molar-refractivity contribution >= 4 is 11.6 Å². The third-order valence-corrected chi connectivity index (χ3v) is 3.61. The van der Waals surface area contributed by atoms with E-state index in [1.807, 2.05) is 24.3 Å². The number of benzene rings is 1. The molecule has 2 aromatic rings. The molecule has 0 bridgehead atoms. The van der Waals surface area contributed by atoms with Gasteiger partial charge >= 0.3 is 0 Å². The average molecular weight is 287 g/mol. The molecule has 1 amide bonds. The van der Waals surface area contributed by atoms with Crippen LogP contribution in [0.5, 0.6) is 5.75 Å². The van der Waals surface area contributed by atoms with Gasteiger partial charge in [0.25, 0.3) is 5.91 Å². The zero-order valence-electron chi connectivity index (χ0n) is 12.0. The van der Waals surface area contributed by atoms with Gasteiger partial charge in [-0.05, 0) is 12.1 Å². The zero-order valence-corrected chi connectivity index (χ0v) is 12.0. The highest BCUT2D eigenvalue weighted by molar-refractivity contribution is 6.05. The Hall–Kier alpha value is -2.41. The SMILES string of the molecule is COc1ccccc1N(C)C(=O)c1cn(C2CNC2)nn1. The van der Waals surface area contributed by atoms with Crippen LogP contribution in [0.4, 0.5) is 5.69 Å². The van der Waals surface area contributed by atoms with E-state index < -0.39 is 0 Å². The second kappa shape index (κ2) is 5.53. The monoisotopic (exact) mass is 287 g/mol. The number of carbonyl (C=O) groups excluding carboxylic acids is 1. The molecule has 1 fully saturated rings. The number of anilines is 1. The number of aromatic nitrogens is 3. The first-order valence-corrected chi connectivity index (χ1v) is 6.74. The van der Waals surface area contributed by atoms with Crippen LogP contribution in [0.2, 0.25) is 0 Å². The van der Waals surface area contributed by atoms with Crippen LogP contribution >= 0.6 is 0 Å². The Bertz CT molecular complexity index is 650. The van der Waals surface area contributed by atoms with E-state index in [0.717, 1.165) is 13.1 Å². The number of rotatable bonds is 4. The molecule has 1 aromatic heterocycles. The minimum Gasteiger partial charge on any atom is -0.495 e. The molecule has 3 rings (SSSR count). The van der Waals surface area contributed by atoms with E-state index in [1.165, 1.54) is 4.90 Å². The third kappa shape index (κ3) is 2.47. The summed E-state index contributed by atoms with van der Waals surface area (Å²) in [6.45, 7) is 1.72. The summed E-state index contributed by atoms with van der Waals surface area (Å²) in [7, 11) is 3.28. The van der Waals surface area contributed by atoms with E-state index >= 15 is 0 Å². The van der Waals surface area contributed by atoms with Gasteiger partial charge in [-0.1, -0.05) is 17.3 Å². The summed E-state index contributed by atoms with van der Waals surface area (Å²) in [4.78, 5) is 14.0. The average Bonchev–Trinajstić information content (AvgIpc) is 2.93. The first-order chi connectivity index (χ1) is 10.2. The predicted molar refractivity (Wildman–Crippen MR) is 77.7 cm³/mol. The van der Waals surface area contributed by atoms with Crippen molar-refractivity contribution in [2.24, 2.45) is 0 Å². The maximum Gasteiger partial charge on any atom is 0.280 e. The van der Waals surface area contributed by atoms with Crippen molar-refractivity contribution in [3.05, 3.63) is 36.2 Å². The summed E-state index contributed by atoms with van der Waals surface area (Å²) in [6.07, 6.45) is 1.69. The zero-order chi connectivity index (χ0) is 14.8. The molecule has 7 heteroatoms. The number of hydrogen-bond acceptors (Lipinski definition) is 5. The van der Waals surface area contributed by atoms with Crippen LogP contribution in [0.15, 0.2) is 30.5 Å². The molecule has 7 nitrogen and oxygen atoms in total. The van der Waals surface area contributed by atoms with Gasteiger partial charge in [0.1, 0.15) is 5.75 Å². The summed E-state index contributed by atoms with van der Waals surface area (Å²) < 4.78 is 7.01. The van der Waals surface area contributed by atoms with E-state index in [2.05, 4.69) is 15.6 Å². The number of ether oxygens (including phenoxy) is 1. The van der Waals surface area contributed by atoms with E-state index in [-0.39, 0.29) is 11.9 Å². The van der Waals surface area contributed by atoms with Crippen molar-refractivity contribution < 1.29 is 9.53 Å². The van der Waals surface area contributed by atoms with Gasteiger partial charge < -0.3 is 15.0 Å². The number of nitrogens with one attached hydrogen (secondary N) is 1. The summed E-state index contributed by atoms with van der Waals surface area (Å²) in [6, 6.07) is 7.65. The van der Waals surface area contributed by atoms with Crippen molar-refractivity contribution in [1.29, 1.82) is 0 Å². The van der Waals surface area contributed by atoms with Crippen molar-refractivity contribution in [3.63, 3.8) is 0 Å². The number of hydrogen-bond donors (Lipinski definition) is 1. The van der Waals surface area contributed by atoms with Crippen molar-refractivity contribution in [2.75, 3.05) is 32.1 Å². The fourth-order valence-electron chi connectivity index (χ4n) is 2.20. The largest absolute Gasteiger partial charge is 0.495 e. The van der Waals surface area contributed by atoms with Crippen LogP contribution in [0.3, 0.4) is 0 Å². The molecule has 2 heterocycles. The van der Waals surface area contributed by atoms with Gasteiger partial charge in [-0.25, -0.2) is 4.68 Å². The Balaban J connectivity index is 1.82. The van der Waals surface area contributed by atoms with Gasteiger partial charge in [-0.2, -0.15) is 0 Å². The van der Waals surface area contributed by atoms with Crippen molar-refractivity contribution in [3.8, 4) is 5.75 Å². The van der Waals surface area contributed by atoms with Gasteiger partial charge in [0.05, 0.1) is 25.0 Å². The lowest BCUT2D eigenvalue weighted by molar-refractivity contribution is 0.0987. The Kier molecular flexibility index (Phi) is 3.57. The lowest BCUT2D eigenvalue weighted by atomic mass is 10.2. The summed E-state index contributed by atoms with van der Waals surface area (Å²) >= 11 is 0. The van der Waals surface area contributed by atoms with Crippen LogP contribution in [0.25, 0.3) is 0 Å². The number of carbonyl (C=O) groups is 1.